The number of rotatable bonds is 7. The number of aromatic nitrogens is 4. The summed E-state index contributed by atoms with van der Waals surface area (Å²) >= 11 is 1.37. The van der Waals surface area contributed by atoms with Crippen LogP contribution in [-0.2, 0) is 4.79 Å². The number of carbonyl (C=O) groups is 1. The third kappa shape index (κ3) is 5.34. The summed E-state index contributed by atoms with van der Waals surface area (Å²) in [5.41, 5.74) is 2.09. The molecule has 0 aliphatic carbocycles. The van der Waals surface area contributed by atoms with Gasteiger partial charge in [-0.2, -0.15) is 4.68 Å². The quantitative estimate of drug-likeness (QED) is 0.548. The van der Waals surface area contributed by atoms with Crippen LogP contribution >= 0.6 is 11.8 Å². The topological polar surface area (TPSA) is 67.2 Å². The molecule has 8 heteroatoms. The summed E-state index contributed by atoms with van der Waals surface area (Å²) in [4.78, 5) is 16.9. The van der Waals surface area contributed by atoms with Gasteiger partial charge in [-0.1, -0.05) is 72.4 Å². The van der Waals surface area contributed by atoms with E-state index in [-0.39, 0.29) is 5.91 Å². The number of amides is 1. The SMILES string of the molecule is O=C(CSc1nnnn1-c1ccccc1)N1CCN(CC=Cc2ccccc2)CC1. The Morgan fingerprint density at radius 1 is 0.967 bits per heavy atom. The minimum Gasteiger partial charge on any atom is -0.339 e. The van der Waals surface area contributed by atoms with Crippen molar-refractivity contribution in [1.29, 1.82) is 0 Å². The minimum atomic E-state index is 0.127. The Morgan fingerprint density at radius 3 is 2.40 bits per heavy atom. The summed E-state index contributed by atoms with van der Waals surface area (Å²) in [5, 5.41) is 12.5. The first-order chi connectivity index (χ1) is 14.8. The number of thioether (sulfide) groups is 1. The molecule has 1 fully saturated rings. The van der Waals surface area contributed by atoms with Gasteiger partial charge in [0.05, 0.1) is 11.4 Å². The number of nitrogens with zero attached hydrogens (tertiary/aromatic N) is 6. The molecule has 7 nitrogen and oxygen atoms in total. The lowest BCUT2D eigenvalue weighted by Crippen LogP contribution is -2.49. The first-order valence-electron chi connectivity index (χ1n) is 9.98. The smallest absolute Gasteiger partial charge is 0.233 e. The monoisotopic (exact) mass is 420 g/mol. The largest absolute Gasteiger partial charge is 0.339 e. The Bertz CT molecular complexity index is 968. The molecule has 0 spiro atoms. The van der Waals surface area contributed by atoms with E-state index in [2.05, 4.69) is 44.7 Å². The fraction of sp³-hybridized carbons (Fsp3) is 0.273. The molecule has 0 N–H and O–H groups in total. The van der Waals surface area contributed by atoms with E-state index in [1.165, 1.54) is 17.3 Å². The van der Waals surface area contributed by atoms with E-state index < -0.39 is 0 Å². The van der Waals surface area contributed by atoms with Crippen molar-refractivity contribution in [2.45, 2.75) is 5.16 Å². The average molecular weight is 421 g/mol. The van der Waals surface area contributed by atoms with Crippen molar-refractivity contribution in [3.05, 3.63) is 72.3 Å². The molecule has 3 aromatic rings. The predicted octanol–water partition coefficient (Wildman–Crippen LogP) is 2.61. The Balaban J connectivity index is 1.23. The fourth-order valence-electron chi connectivity index (χ4n) is 3.30. The Hall–Kier alpha value is -2.97. The Labute approximate surface area is 180 Å². The van der Waals surface area contributed by atoms with Gasteiger partial charge in [-0.05, 0) is 28.1 Å². The van der Waals surface area contributed by atoms with Crippen LogP contribution in [0.2, 0.25) is 0 Å². The van der Waals surface area contributed by atoms with Crippen LogP contribution in [-0.4, -0.2) is 74.4 Å². The second-order valence-electron chi connectivity index (χ2n) is 6.99. The van der Waals surface area contributed by atoms with Crippen LogP contribution in [0.4, 0.5) is 0 Å². The molecule has 0 atom stereocenters. The van der Waals surface area contributed by atoms with Crippen molar-refractivity contribution in [1.82, 2.24) is 30.0 Å². The second kappa shape index (κ2) is 10.2. The Morgan fingerprint density at radius 2 is 1.67 bits per heavy atom. The molecule has 2 aromatic carbocycles. The number of benzene rings is 2. The molecular formula is C22H24N6OS. The fourth-order valence-corrected chi connectivity index (χ4v) is 4.09. The molecule has 1 saturated heterocycles. The molecule has 0 unspecified atom stereocenters. The molecule has 1 aliphatic heterocycles. The van der Waals surface area contributed by atoms with Crippen LogP contribution in [0.25, 0.3) is 11.8 Å². The zero-order chi connectivity index (χ0) is 20.6. The van der Waals surface area contributed by atoms with Crippen LogP contribution in [0, 0.1) is 0 Å². The first-order valence-corrected chi connectivity index (χ1v) is 11.0. The van der Waals surface area contributed by atoms with Crippen LogP contribution < -0.4 is 0 Å². The molecule has 154 valence electrons. The van der Waals surface area contributed by atoms with Crippen LogP contribution in [0.15, 0.2) is 71.9 Å². The molecule has 0 radical (unpaired) electrons. The van der Waals surface area contributed by atoms with Gasteiger partial charge in [-0.15, -0.1) is 5.10 Å². The maximum absolute atomic E-state index is 12.6. The van der Waals surface area contributed by atoms with Gasteiger partial charge in [-0.3, -0.25) is 9.69 Å². The number of hydrogen-bond acceptors (Lipinski definition) is 6. The first kappa shape index (κ1) is 20.3. The number of piperazine rings is 1. The summed E-state index contributed by atoms with van der Waals surface area (Å²) < 4.78 is 1.66. The van der Waals surface area contributed by atoms with Gasteiger partial charge < -0.3 is 4.90 Å². The van der Waals surface area contributed by atoms with E-state index in [9.17, 15) is 4.79 Å². The lowest BCUT2D eigenvalue weighted by molar-refractivity contribution is -0.130. The second-order valence-corrected chi connectivity index (χ2v) is 7.93. The van der Waals surface area contributed by atoms with E-state index in [0.29, 0.717) is 10.9 Å². The van der Waals surface area contributed by atoms with Gasteiger partial charge in [0, 0.05) is 32.7 Å². The number of carbonyl (C=O) groups excluding carboxylic acids is 1. The van der Waals surface area contributed by atoms with Gasteiger partial charge in [0.15, 0.2) is 0 Å². The van der Waals surface area contributed by atoms with E-state index in [1.54, 1.807) is 4.68 Å². The van der Waals surface area contributed by atoms with Gasteiger partial charge >= 0.3 is 0 Å². The van der Waals surface area contributed by atoms with Gasteiger partial charge in [-0.25, -0.2) is 0 Å². The van der Waals surface area contributed by atoms with E-state index in [0.717, 1.165) is 38.4 Å². The van der Waals surface area contributed by atoms with Crippen LogP contribution in [0.3, 0.4) is 0 Å². The lowest BCUT2D eigenvalue weighted by atomic mass is 10.2. The van der Waals surface area contributed by atoms with Crippen LogP contribution in [0.5, 0.6) is 0 Å². The maximum Gasteiger partial charge on any atom is 0.233 e. The standard InChI is InChI=1S/C22H24N6OS/c29-21(18-30-22-23-24-25-28(22)20-11-5-2-6-12-20)27-16-14-26(15-17-27)13-7-10-19-8-3-1-4-9-19/h1-12H,13-18H2. The molecule has 1 aliphatic rings. The zero-order valence-electron chi connectivity index (χ0n) is 16.7. The summed E-state index contributed by atoms with van der Waals surface area (Å²) in [7, 11) is 0. The highest BCUT2D eigenvalue weighted by molar-refractivity contribution is 7.99. The normalized spacial score (nSPS) is 15.0. The minimum absolute atomic E-state index is 0.127. The van der Waals surface area contributed by atoms with E-state index in [1.807, 2.05) is 53.4 Å². The average Bonchev–Trinajstić information content (AvgIpc) is 3.28. The summed E-state index contributed by atoms with van der Waals surface area (Å²) in [6.45, 7) is 4.18. The molecule has 1 amide bonds. The molecule has 1 aromatic heterocycles. The molecule has 4 rings (SSSR count). The summed E-state index contributed by atoms with van der Waals surface area (Å²) in [6.07, 6.45) is 4.33. The van der Waals surface area contributed by atoms with Gasteiger partial charge in [0.1, 0.15) is 0 Å². The lowest BCUT2D eigenvalue weighted by Gasteiger charge is -2.34. The zero-order valence-corrected chi connectivity index (χ0v) is 17.5. The highest BCUT2D eigenvalue weighted by Gasteiger charge is 2.21. The van der Waals surface area contributed by atoms with Crippen molar-refractivity contribution in [2.24, 2.45) is 0 Å². The Kier molecular flexibility index (Phi) is 6.89. The molecule has 0 bridgehead atoms. The van der Waals surface area contributed by atoms with E-state index >= 15 is 0 Å². The summed E-state index contributed by atoms with van der Waals surface area (Å²) in [5.74, 6) is 0.461. The van der Waals surface area contributed by atoms with Gasteiger partial charge in [0.2, 0.25) is 11.1 Å². The number of tetrazole rings is 1. The molecular weight excluding hydrogens is 396 g/mol. The van der Waals surface area contributed by atoms with Crippen molar-refractivity contribution >= 4 is 23.7 Å². The number of hydrogen-bond donors (Lipinski definition) is 0. The van der Waals surface area contributed by atoms with Crippen molar-refractivity contribution in [3.8, 4) is 5.69 Å². The third-order valence-corrected chi connectivity index (χ3v) is 5.87. The van der Waals surface area contributed by atoms with Crippen molar-refractivity contribution in [2.75, 3.05) is 38.5 Å². The van der Waals surface area contributed by atoms with Crippen LogP contribution in [0.1, 0.15) is 5.56 Å². The van der Waals surface area contributed by atoms with Crippen molar-refractivity contribution < 1.29 is 4.79 Å². The molecule has 2 heterocycles. The van der Waals surface area contributed by atoms with Crippen molar-refractivity contribution in [3.63, 3.8) is 0 Å². The maximum atomic E-state index is 12.6. The van der Waals surface area contributed by atoms with E-state index in [4.69, 9.17) is 0 Å². The molecule has 0 saturated carbocycles. The summed E-state index contributed by atoms with van der Waals surface area (Å²) in [6, 6.07) is 20.0. The highest BCUT2D eigenvalue weighted by Crippen LogP contribution is 2.18. The molecule has 30 heavy (non-hydrogen) atoms. The van der Waals surface area contributed by atoms with Gasteiger partial charge in [0.25, 0.3) is 0 Å². The number of para-hydroxylation sites is 1. The third-order valence-electron chi connectivity index (χ3n) is 4.96. The predicted molar refractivity (Wildman–Crippen MR) is 118 cm³/mol. The highest BCUT2D eigenvalue weighted by atomic mass is 32.2.